The molecule has 1 aliphatic rings. The predicted molar refractivity (Wildman–Crippen MR) is 74.8 cm³/mol. The van der Waals surface area contributed by atoms with Gasteiger partial charge in [-0.3, -0.25) is 4.90 Å². The van der Waals surface area contributed by atoms with Crippen molar-refractivity contribution in [2.45, 2.75) is 38.8 Å². The first-order chi connectivity index (χ1) is 8.77. The highest BCUT2D eigenvalue weighted by Gasteiger charge is 2.33. The van der Waals surface area contributed by atoms with Crippen molar-refractivity contribution in [2.24, 2.45) is 5.73 Å². The summed E-state index contributed by atoms with van der Waals surface area (Å²) in [5.74, 6) is 0.989. The summed E-state index contributed by atoms with van der Waals surface area (Å²) in [6.07, 6.45) is 2.24. The highest BCUT2D eigenvalue weighted by Crippen LogP contribution is 2.36. The summed E-state index contributed by atoms with van der Waals surface area (Å²) < 4.78 is 5.74. The third-order valence-electron chi connectivity index (χ3n) is 3.60. The van der Waals surface area contributed by atoms with Crippen molar-refractivity contribution >= 4 is 0 Å². The molecule has 100 valence electrons. The maximum absolute atomic E-state index is 6.30. The first-order valence-electron chi connectivity index (χ1n) is 6.99. The Morgan fingerprint density at radius 3 is 2.83 bits per heavy atom. The van der Waals surface area contributed by atoms with Crippen molar-refractivity contribution in [3.05, 3.63) is 29.8 Å². The molecule has 0 amide bonds. The molecule has 3 heteroatoms. The summed E-state index contributed by atoms with van der Waals surface area (Å²) in [5.41, 5.74) is 7.55. The lowest BCUT2D eigenvalue weighted by molar-refractivity contribution is 0.239. The van der Waals surface area contributed by atoms with Crippen LogP contribution in [0.1, 0.15) is 38.3 Å². The molecule has 0 bridgehead atoms. The number of ether oxygens (including phenoxy) is 1. The minimum Gasteiger partial charge on any atom is -0.494 e. The molecule has 2 atom stereocenters. The van der Waals surface area contributed by atoms with E-state index in [0.717, 1.165) is 25.3 Å². The quantitative estimate of drug-likeness (QED) is 0.870. The number of benzene rings is 1. The highest BCUT2D eigenvalue weighted by molar-refractivity contribution is 5.37. The van der Waals surface area contributed by atoms with Gasteiger partial charge in [0.2, 0.25) is 0 Å². The zero-order valence-corrected chi connectivity index (χ0v) is 11.4. The number of nitrogens with two attached hydrogens (primary N) is 1. The molecule has 0 radical (unpaired) electrons. The fourth-order valence-corrected chi connectivity index (χ4v) is 2.86. The van der Waals surface area contributed by atoms with Gasteiger partial charge in [-0.15, -0.1) is 0 Å². The van der Waals surface area contributed by atoms with E-state index >= 15 is 0 Å². The van der Waals surface area contributed by atoms with E-state index in [2.05, 4.69) is 24.0 Å². The van der Waals surface area contributed by atoms with Gasteiger partial charge in [0.05, 0.1) is 12.6 Å². The fourth-order valence-electron chi connectivity index (χ4n) is 2.86. The van der Waals surface area contributed by atoms with Gasteiger partial charge in [-0.1, -0.05) is 25.1 Å². The average Bonchev–Trinajstić information content (AvgIpc) is 2.73. The first kappa shape index (κ1) is 13.4. The summed E-state index contributed by atoms with van der Waals surface area (Å²) in [6, 6.07) is 8.84. The molecular formula is C15H24N2O. The molecule has 0 spiro atoms. The number of hydrogen-bond donors (Lipinski definition) is 1. The van der Waals surface area contributed by atoms with E-state index in [9.17, 15) is 0 Å². The van der Waals surface area contributed by atoms with Gasteiger partial charge in [0.25, 0.3) is 0 Å². The van der Waals surface area contributed by atoms with E-state index in [1.165, 1.54) is 12.0 Å². The molecule has 1 aromatic rings. The first-order valence-corrected chi connectivity index (χ1v) is 6.99. The molecule has 3 nitrogen and oxygen atoms in total. The number of rotatable bonds is 5. The second-order valence-corrected chi connectivity index (χ2v) is 4.90. The van der Waals surface area contributed by atoms with Crippen molar-refractivity contribution in [3.63, 3.8) is 0 Å². The van der Waals surface area contributed by atoms with E-state index in [1.54, 1.807) is 0 Å². The number of para-hydroxylation sites is 1. The Morgan fingerprint density at radius 1 is 1.33 bits per heavy atom. The van der Waals surface area contributed by atoms with Gasteiger partial charge >= 0.3 is 0 Å². The van der Waals surface area contributed by atoms with Crippen LogP contribution in [0.2, 0.25) is 0 Å². The molecule has 1 fully saturated rings. The highest BCUT2D eigenvalue weighted by atomic mass is 16.5. The van der Waals surface area contributed by atoms with Gasteiger partial charge < -0.3 is 10.5 Å². The molecule has 1 aromatic carbocycles. The van der Waals surface area contributed by atoms with Gasteiger partial charge in [0.1, 0.15) is 5.75 Å². The third kappa shape index (κ3) is 2.68. The fraction of sp³-hybridized carbons (Fsp3) is 0.600. The Bertz CT molecular complexity index is 379. The standard InChI is InChI=1S/C15H24N2O/c1-3-10-17-11-9-13(16)15(17)12-7-5-6-8-14(12)18-4-2/h5-8,13,15H,3-4,9-11,16H2,1-2H3. The lowest BCUT2D eigenvalue weighted by Crippen LogP contribution is -2.32. The Hall–Kier alpha value is -1.06. The molecule has 0 aliphatic carbocycles. The van der Waals surface area contributed by atoms with Crippen LogP contribution in [0.5, 0.6) is 5.75 Å². The summed E-state index contributed by atoms with van der Waals surface area (Å²) in [4.78, 5) is 2.49. The van der Waals surface area contributed by atoms with Gasteiger partial charge in [-0.2, -0.15) is 0 Å². The van der Waals surface area contributed by atoms with Gasteiger partial charge in [-0.05, 0) is 32.4 Å². The van der Waals surface area contributed by atoms with Crippen molar-refractivity contribution in [1.82, 2.24) is 4.90 Å². The Labute approximate surface area is 110 Å². The Balaban J connectivity index is 2.27. The lowest BCUT2D eigenvalue weighted by Gasteiger charge is -2.28. The van der Waals surface area contributed by atoms with Gasteiger partial charge in [-0.25, -0.2) is 0 Å². The zero-order valence-electron chi connectivity index (χ0n) is 11.4. The third-order valence-corrected chi connectivity index (χ3v) is 3.60. The molecule has 18 heavy (non-hydrogen) atoms. The molecule has 1 heterocycles. The van der Waals surface area contributed by atoms with Crippen LogP contribution < -0.4 is 10.5 Å². The molecular weight excluding hydrogens is 224 g/mol. The molecule has 2 unspecified atom stereocenters. The smallest absolute Gasteiger partial charge is 0.124 e. The van der Waals surface area contributed by atoms with Crippen molar-refractivity contribution in [1.29, 1.82) is 0 Å². The van der Waals surface area contributed by atoms with Crippen molar-refractivity contribution in [3.8, 4) is 5.75 Å². The van der Waals surface area contributed by atoms with E-state index in [-0.39, 0.29) is 6.04 Å². The number of nitrogens with zero attached hydrogens (tertiary/aromatic N) is 1. The maximum atomic E-state index is 6.30. The minimum atomic E-state index is 0.221. The molecule has 1 saturated heterocycles. The second-order valence-electron chi connectivity index (χ2n) is 4.90. The van der Waals surface area contributed by atoms with Gasteiger partial charge in [0, 0.05) is 18.2 Å². The Kier molecular flexibility index (Phi) is 4.61. The number of likely N-dealkylation sites (tertiary alicyclic amines) is 1. The maximum Gasteiger partial charge on any atom is 0.124 e. The van der Waals surface area contributed by atoms with Crippen molar-refractivity contribution in [2.75, 3.05) is 19.7 Å². The summed E-state index contributed by atoms with van der Waals surface area (Å²) in [5, 5.41) is 0. The van der Waals surface area contributed by atoms with E-state index in [1.807, 2.05) is 19.1 Å². The largest absolute Gasteiger partial charge is 0.494 e. The molecule has 1 aliphatic heterocycles. The van der Waals surface area contributed by atoms with Crippen LogP contribution in [0.25, 0.3) is 0 Å². The monoisotopic (exact) mass is 248 g/mol. The second kappa shape index (κ2) is 6.21. The SMILES string of the molecule is CCCN1CCC(N)C1c1ccccc1OCC. The lowest BCUT2D eigenvalue weighted by atomic mass is 9.99. The van der Waals surface area contributed by atoms with E-state index < -0.39 is 0 Å². The summed E-state index contributed by atoms with van der Waals surface area (Å²) >= 11 is 0. The normalized spacial score (nSPS) is 24.4. The average molecular weight is 248 g/mol. The topological polar surface area (TPSA) is 38.5 Å². The van der Waals surface area contributed by atoms with Crippen LogP contribution in [0, 0.1) is 0 Å². The zero-order chi connectivity index (χ0) is 13.0. The van der Waals surface area contributed by atoms with E-state index in [4.69, 9.17) is 10.5 Å². The van der Waals surface area contributed by atoms with Crippen LogP contribution in [0.15, 0.2) is 24.3 Å². The van der Waals surface area contributed by atoms with Crippen LogP contribution in [0.4, 0.5) is 0 Å². The molecule has 0 saturated carbocycles. The van der Waals surface area contributed by atoms with E-state index in [0.29, 0.717) is 12.6 Å². The Morgan fingerprint density at radius 2 is 2.11 bits per heavy atom. The number of hydrogen-bond acceptors (Lipinski definition) is 3. The predicted octanol–water partition coefficient (Wildman–Crippen LogP) is 2.57. The molecule has 2 rings (SSSR count). The van der Waals surface area contributed by atoms with Crippen LogP contribution in [0.3, 0.4) is 0 Å². The van der Waals surface area contributed by atoms with Crippen LogP contribution in [-0.4, -0.2) is 30.6 Å². The molecule has 2 N–H and O–H groups in total. The van der Waals surface area contributed by atoms with Crippen LogP contribution >= 0.6 is 0 Å². The van der Waals surface area contributed by atoms with Crippen LogP contribution in [-0.2, 0) is 0 Å². The van der Waals surface area contributed by atoms with Gasteiger partial charge in [0.15, 0.2) is 0 Å². The molecule has 0 aromatic heterocycles. The summed E-state index contributed by atoms with van der Waals surface area (Å²) in [6.45, 7) is 7.15. The van der Waals surface area contributed by atoms with Crippen molar-refractivity contribution < 1.29 is 4.74 Å². The summed E-state index contributed by atoms with van der Waals surface area (Å²) in [7, 11) is 0. The minimum absolute atomic E-state index is 0.221.